The van der Waals surface area contributed by atoms with Crippen LogP contribution in [0.5, 0.6) is 0 Å². The first-order chi connectivity index (χ1) is 9.65. The van der Waals surface area contributed by atoms with Gasteiger partial charge in [0.25, 0.3) is 0 Å². The molecular weight excluding hydrogens is 264 g/mol. The van der Waals surface area contributed by atoms with Gasteiger partial charge < -0.3 is 20.6 Å². The largest absolute Gasteiger partial charge is 0.480 e. The number of nitrogens with one attached hydrogen (secondary N) is 2. The highest BCUT2D eigenvalue weighted by molar-refractivity contribution is 5.74. The highest BCUT2D eigenvalue weighted by Crippen LogP contribution is 1.98. The van der Waals surface area contributed by atoms with Crippen LogP contribution in [0.4, 0.5) is 4.79 Å². The summed E-state index contributed by atoms with van der Waals surface area (Å²) in [6.07, 6.45) is 2.45. The molecule has 2 amide bonds. The Labute approximate surface area is 115 Å². The van der Waals surface area contributed by atoms with E-state index in [9.17, 15) is 9.59 Å². The number of amides is 2. The molecule has 1 aromatic rings. The highest BCUT2D eigenvalue weighted by atomic mass is 16.4. The molecule has 0 atom stereocenters. The van der Waals surface area contributed by atoms with E-state index < -0.39 is 5.97 Å². The van der Waals surface area contributed by atoms with Crippen molar-refractivity contribution in [2.45, 2.75) is 19.5 Å². The molecule has 110 valence electrons. The van der Waals surface area contributed by atoms with Gasteiger partial charge in [-0.15, -0.1) is 5.10 Å². The number of hydrogen-bond donors (Lipinski definition) is 3. The van der Waals surface area contributed by atoms with Crippen molar-refractivity contribution in [1.29, 1.82) is 0 Å². The van der Waals surface area contributed by atoms with Crippen LogP contribution in [0.2, 0.25) is 0 Å². The van der Waals surface area contributed by atoms with E-state index in [2.05, 4.69) is 20.9 Å². The van der Waals surface area contributed by atoms with Crippen LogP contribution < -0.4 is 10.6 Å². The molecule has 0 unspecified atom stereocenters. The van der Waals surface area contributed by atoms with Crippen molar-refractivity contribution in [1.82, 2.24) is 30.5 Å². The van der Waals surface area contributed by atoms with E-state index in [-0.39, 0.29) is 19.1 Å². The van der Waals surface area contributed by atoms with Gasteiger partial charge in [0.05, 0.1) is 12.7 Å². The molecule has 0 aromatic carbocycles. The van der Waals surface area contributed by atoms with Crippen LogP contribution in [0.3, 0.4) is 0 Å². The summed E-state index contributed by atoms with van der Waals surface area (Å²) >= 11 is 0. The Kier molecular flexibility index (Phi) is 4.88. The third-order valence-corrected chi connectivity index (χ3v) is 2.93. The van der Waals surface area contributed by atoms with Crippen molar-refractivity contribution in [3.8, 4) is 0 Å². The van der Waals surface area contributed by atoms with E-state index in [1.54, 1.807) is 4.90 Å². The Hall–Kier alpha value is -2.16. The summed E-state index contributed by atoms with van der Waals surface area (Å²) in [6, 6.07) is -0.138. The molecule has 0 spiro atoms. The lowest BCUT2D eigenvalue weighted by atomic mass is 10.4. The molecule has 9 heteroatoms. The molecule has 2 rings (SSSR count). The molecule has 9 nitrogen and oxygen atoms in total. The van der Waals surface area contributed by atoms with Crippen LogP contribution in [-0.4, -0.2) is 63.2 Å². The standard InChI is InChI=1S/C11H18N6O3/c18-10(19)8-17-7-9(14-15-17)6-13-11(20)16-4-1-2-12-3-5-16/h7,12H,1-6,8H2,(H,13,20)(H,18,19). The molecule has 0 radical (unpaired) electrons. The molecule has 1 aliphatic heterocycles. The molecule has 2 heterocycles. The second-order valence-corrected chi connectivity index (χ2v) is 4.55. The maximum atomic E-state index is 11.9. The van der Waals surface area contributed by atoms with E-state index in [1.165, 1.54) is 10.9 Å². The minimum absolute atomic E-state index is 0.138. The Morgan fingerprint density at radius 2 is 2.25 bits per heavy atom. The van der Waals surface area contributed by atoms with Crippen molar-refractivity contribution >= 4 is 12.0 Å². The fourth-order valence-corrected chi connectivity index (χ4v) is 1.96. The fourth-order valence-electron chi connectivity index (χ4n) is 1.96. The topological polar surface area (TPSA) is 112 Å². The molecule has 0 saturated carbocycles. The van der Waals surface area contributed by atoms with E-state index in [4.69, 9.17) is 5.11 Å². The Morgan fingerprint density at radius 3 is 3.05 bits per heavy atom. The molecule has 0 aliphatic carbocycles. The molecule has 1 aromatic heterocycles. The summed E-state index contributed by atoms with van der Waals surface area (Å²) in [5.41, 5.74) is 0.535. The number of carbonyl (C=O) groups is 2. The summed E-state index contributed by atoms with van der Waals surface area (Å²) in [4.78, 5) is 24.2. The van der Waals surface area contributed by atoms with Crippen molar-refractivity contribution < 1.29 is 14.7 Å². The minimum Gasteiger partial charge on any atom is -0.480 e. The second kappa shape index (κ2) is 6.85. The van der Waals surface area contributed by atoms with Crippen LogP contribution in [0.15, 0.2) is 6.20 Å². The number of hydrogen-bond acceptors (Lipinski definition) is 5. The van der Waals surface area contributed by atoms with Gasteiger partial charge in [-0.25, -0.2) is 9.48 Å². The van der Waals surface area contributed by atoms with E-state index in [0.29, 0.717) is 12.2 Å². The summed E-state index contributed by atoms with van der Waals surface area (Å²) in [6.45, 7) is 3.12. The minimum atomic E-state index is -0.984. The number of aliphatic carboxylic acids is 1. The van der Waals surface area contributed by atoms with Crippen molar-refractivity contribution in [2.75, 3.05) is 26.2 Å². The van der Waals surface area contributed by atoms with Crippen LogP contribution in [0, 0.1) is 0 Å². The Morgan fingerprint density at radius 1 is 1.40 bits per heavy atom. The highest BCUT2D eigenvalue weighted by Gasteiger charge is 2.15. The zero-order valence-electron chi connectivity index (χ0n) is 11.1. The maximum Gasteiger partial charge on any atom is 0.325 e. The van der Waals surface area contributed by atoms with Gasteiger partial charge in [0.2, 0.25) is 0 Å². The number of aromatic nitrogens is 3. The molecule has 1 saturated heterocycles. The Bertz CT molecular complexity index is 466. The first kappa shape index (κ1) is 14.3. The number of nitrogens with zero attached hydrogens (tertiary/aromatic N) is 4. The summed E-state index contributed by atoms with van der Waals surface area (Å²) in [7, 11) is 0. The van der Waals surface area contributed by atoms with Gasteiger partial charge in [-0.2, -0.15) is 0 Å². The smallest absolute Gasteiger partial charge is 0.325 e. The van der Waals surface area contributed by atoms with Gasteiger partial charge in [-0.05, 0) is 13.0 Å². The number of rotatable bonds is 4. The molecule has 3 N–H and O–H groups in total. The number of carboxylic acid groups (broad SMARTS) is 1. The molecular formula is C11H18N6O3. The third-order valence-electron chi connectivity index (χ3n) is 2.93. The van der Waals surface area contributed by atoms with Crippen LogP contribution in [-0.2, 0) is 17.9 Å². The number of carboxylic acids is 1. The average molecular weight is 282 g/mol. The van der Waals surface area contributed by atoms with Crippen molar-refractivity contribution in [3.63, 3.8) is 0 Å². The normalized spacial score (nSPS) is 15.7. The van der Waals surface area contributed by atoms with Crippen LogP contribution in [0.25, 0.3) is 0 Å². The fraction of sp³-hybridized carbons (Fsp3) is 0.636. The molecule has 1 fully saturated rings. The molecule has 0 bridgehead atoms. The number of urea groups is 1. The zero-order chi connectivity index (χ0) is 14.4. The molecule has 20 heavy (non-hydrogen) atoms. The lowest BCUT2D eigenvalue weighted by molar-refractivity contribution is -0.137. The van der Waals surface area contributed by atoms with Gasteiger partial charge in [-0.3, -0.25) is 4.79 Å². The first-order valence-corrected chi connectivity index (χ1v) is 6.49. The van der Waals surface area contributed by atoms with Gasteiger partial charge in [0.1, 0.15) is 12.2 Å². The van der Waals surface area contributed by atoms with Crippen LogP contribution >= 0.6 is 0 Å². The zero-order valence-corrected chi connectivity index (χ0v) is 11.1. The molecule has 1 aliphatic rings. The van der Waals surface area contributed by atoms with E-state index in [0.717, 1.165) is 26.1 Å². The van der Waals surface area contributed by atoms with E-state index >= 15 is 0 Å². The summed E-state index contributed by atoms with van der Waals surface area (Å²) in [5.74, 6) is -0.984. The first-order valence-electron chi connectivity index (χ1n) is 6.49. The van der Waals surface area contributed by atoms with Crippen LogP contribution in [0.1, 0.15) is 12.1 Å². The predicted molar refractivity (Wildman–Crippen MR) is 69.0 cm³/mol. The second-order valence-electron chi connectivity index (χ2n) is 4.55. The van der Waals surface area contributed by atoms with Crippen molar-refractivity contribution in [2.24, 2.45) is 0 Å². The SMILES string of the molecule is O=C(O)Cn1cc(CNC(=O)N2CCCNCC2)nn1. The van der Waals surface area contributed by atoms with Crippen molar-refractivity contribution in [3.05, 3.63) is 11.9 Å². The lowest BCUT2D eigenvalue weighted by Crippen LogP contribution is -2.41. The van der Waals surface area contributed by atoms with E-state index in [1.807, 2.05) is 0 Å². The monoisotopic (exact) mass is 282 g/mol. The quantitative estimate of drug-likeness (QED) is 0.644. The summed E-state index contributed by atoms with van der Waals surface area (Å²) in [5, 5.41) is 22.1. The van der Waals surface area contributed by atoms with Gasteiger partial charge in [-0.1, -0.05) is 5.21 Å². The third kappa shape index (κ3) is 4.19. The maximum absolute atomic E-state index is 11.9. The van der Waals surface area contributed by atoms with Gasteiger partial charge in [0, 0.05) is 19.6 Å². The average Bonchev–Trinajstić information content (AvgIpc) is 2.67. The number of carbonyl (C=O) groups excluding carboxylic acids is 1. The predicted octanol–water partition coefficient (Wildman–Crippen LogP) is -1.13. The van der Waals surface area contributed by atoms with Gasteiger partial charge >= 0.3 is 12.0 Å². The Balaban J connectivity index is 1.80. The summed E-state index contributed by atoms with van der Waals surface area (Å²) < 4.78 is 1.22. The lowest BCUT2D eigenvalue weighted by Gasteiger charge is -2.19. The van der Waals surface area contributed by atoms with Gasteiger partial charge in [0.15, 0.2) is 0 Å².